The molecule has 0 aliphatic heterocycles. The summed E-state index contributed by atoms with van der Waals surface area (Å²) in [5.74, 6) is -0.337. The molecule has 0 fully saturated rings. The second kappa shape index (κ2) is 4.74. The van der Waals surface area contributed by atoms with Gasteiger partial charge in [0.25, 0.3) is 0 Å². The largest absolute Gasteiger partial charge is 0.293 e. The third-order valence-electron chi connectivity index (χ3n) is 1.72. The lowest BCUT2D eigenvalue weighted by molar-refractivity contribution is 0.0983. The van der Waals surface area contributed by atoms with E-state index in [1.165, 1.54) is 0 Å². The van der Waals surface area contributed by atoms with Gasteiger partial charge in [0.1, 0.15) is 0 Å². The lowest BCUT2D eigenvalue weighted by atomic mass is 10.1. The van der Waals surface area contributed by atoms with Crippen LogP contribution in [0.3, 0.4) is 0 Å². The van der Waals surface area contributed by atoms with E-state index in [0.29, 0.717) is 9.39 Å². The summed E-state index contributed by atoms with van der Waals surface area (Å²) in [6, 6.07) is 8.38. The van der Waals surface area contributed by atoms with Gasteiger partial charge in [0.05, 0.1) is 12.8 Å². The third-order valence-corrected chi connectivity index (χ3v) is 3.44. The first-order valence-electron chi connectivity index (χ1n) is 4.13. The monoisotopic (exact) mass is 247 g/mol. The molecule has 0 radical (unpaired) electrons. The minimum atomic E-state index is -3.53. The second-order valence-corrected chi connectivity index (χ2v) is 5.51. The molecule has 1 aromatic rings. The number of benzene rings is 1. The van der Waals surface area contributed by atoms with E-state index in [1.807, 2.05) is 0 Å². The van der Waals surface area contributed by atoms with Crippen molar-refractivity contribution in [2.75, 3.05) is 12.8 Å². The topological polar surface area (TPSA) is 54.5 Å². The first-order valence-corrected chi connectivity index (χ1v) is 6.31. The van der Waals surface area contributed by atoms with Gasteiger partial charge in [-0.2, -0.15) is 0 Å². The fraction of sp³-hybridized carbons (Fsp3) is 0.222. The maximum absolute atomic E-state index is 11.5. The fourth-order valence-corrected chi connectivity index (χ4v) is 1.41. The number of sulfonamides is 1. The number of halogens is 1. The molecule has 0 bridgehead atoms. The number of rotatable bonds is 4. The molecule has 1 aromatic carbocycles. The third kappa shape index (κ3) is 3.62. The zero-order valence-electron chi connectivity index (χ0n) is 8.05. The Morgan fingerprint density at radius 2 is 1.87 bits per heavy atom. The van der Waals surface area contributed by atoms with Crippen LogP contribution in [0.15, 0.2) is 30.3 Å². The van der Waals surface area contributed by atoms with Crippen molar-refractivity contribution in [1.82, 2.24) is 3.82 Å². The average molecular weight is 248 g/mol. The van der Waals surface area contributed by atoms with Gasteiger partial charge in [-0.3, -0.25) is 4.79 Å². The van der Waals surface area contributed by atoms with Crippen molar-refractivity contribution in [3.63, 3.8) is 0 Å². The first kappa shape index (κ1) is 12.2. The molecule has 0 N–H and O–H groups in total. The van der Waals surface area contributed by atoms with Gasteiger partial charge in [-0.05, 0) is 11.8 Å². The van der Waals surface area contributed by atoms with Gasteiger partial charge in [-0.15, -0.1) is 3.82 Å². The molecule has 0 amide bonds. The number of nitrogens with zero attached hydrogens (tertiary/aromatic N) is 1. The lowest BCUT2D eigenvalue weighted by Crippen LogP contribution is -2.26. The minimum Gasteiger partial charge on any atom is -0.293 e. The van der Waals surface area contributed by atoms with E-state index < -0.39 is 10.0 Å². The molecular weight excluding hydrogens is 238 g/mol. The summed E-state index contributed by atoms with van der Waals surface area (Å²) in [4.78, 5) is 11.5. The first-order chi connectivity index (χ1) is 6.91. The van der Waals surface area contributed by atoms with Crippen molar-refractivity contribution in [1.29, 1.82) is 0 Å². The highest BCUT2D eigenvalue weighted by atomic mass is 35.5. The van der Waals surface area contributed by atoms with E-state index in [4.69, 9.17) is 11.8 Å². The maximum atomic E-state index is 11.5. The molecule has 4 nitrogen and oxygen atoms in total. The Balaban J connectivity index is 2.74. The number of hydrogen-bond donors (Lipinski definition) is 0. The normalized spacial score (nSPS) is 11.7. The van der Waals surface area contributed by atoms with Crippen LogP contribution in [0.4, 0.5) is 0 Å². The summed E-state index contributed by atoms with van der Waals surface area (Å²) in [5, 5.41) is 0. The number of carbonyl (C=O) groups is 1. The van der Waals surface area contributed by atoms with Crippen molar-refractivity contribution in [2.24, 2.45) is 0 Å². The van der Waals surface area contributed by atoms with Crippen LogP contribution in [0.5, 0.6) is 0 Å². The SMILES string of the molecule is CS(=O)(=O)N(Cl)CC(=O)c1ccccc1. The maximum Gasteiger partial charge on any atom is 0.224 e. The molecule has 82 valence electrons. The smallest absolute Gasteiger partial charge is 0.224 e. The van der Waals surface area contributed by atoms with Crippen LogP contribution >= 0.6 is 11.8 Å². The Bertz CT molecular complexity index is 444. The number of carbonyl (C=O) groups excluding carboxylic acids is 1. The van der Waals surface area contributed by atoms with Crippen LogP contribution in [0, 0.1) is 0 Å². The zero-order chi connectivity index (χ0) is 11.5. The Morgan fingerprint density at radius 1 is 1.33 bits per heavy atom. The zero-order valence-corrected chi connectivity index (χ0v) is 9.62. The molecule has 1 rings (SSSR count). The van der Waals surface area contributed by atoms with Crippen molar-refractivity contribution < 1.29 is 13.2 Å². The summed E-state index contributed by atoms with van der Waals surface area (Å²) in [5.41, 5.74) is 0.437. The molecule has 0 unspecified atom stereocenters. The van der Waals surface area contributed by atoms with E-state index >= 15 is 0 Å². The van der Waals surface area contributed by atoms with E-state index in [9.17, 15) is 13.2 Å². The second-order valence-electron chi connectivity index (χ2n) is 3.00. The lowest BCUT2D eigenvalue weighted by Gasteiger charge is -2.09. The van der Waals surface area contributed by atoms with Crippen LogP contribution in [-0.2, 0) is 10.0 Å². The average Bonchev–Trinajstić information content (AvgIpc) is 2.17. The Hall–Kier alpha value is -0.910. The highest BCUT2D eigenvalue weighted by molar-refractivity contribution is 7.89. The standard InChI is InChI=1S/C9H10ClNO3S/c1-15(13,14)11(10)7-9(12)8-5-3-2-4-6-8/h2-6H,7H2,1H3. The van der Waals surface area contributed by atoms with Gasteiger partial charge in [0.2, 0.25) is 10.0 Å². The predicted molar refractivity (Wildman–Crippen MR) is 58.2 cm³/mol. The van der Waals surface area contributed by atoms with Crippen LogP contribution in [0.2, 0.25) is 0 Å². The van der Waals surface area contributed by atoms with Crippen LogP contribution in [0.1, 0.15) is 10.4 Å². The number of Topliss-reactive ketones (excluding diaryl/α,β-unsaturated/α-hetero) is 1. The van der Waals surface area contributed by atoms with Gasteiger partial charge in [-0.1, -0.05) is 30.3 Å². The Kier molecular flexibility index (Phi) is 3.84. The van der Waals surface area contributed by atoms with Gasteiger partial charge in [-0.25, -0.2) is 8.42 Å². The highest BCUT2D eigenvalue weighted by Gasteiger charge is 2.18. The summed E-state index contributed by atoms with van der Waals surface area (Å²) >= 11 is 5.43. The van der Waals surface area contributed by atoms with E-state index in [-0.39, 0.29) is 12.3 Å². The molecule has 0 saturated heterocycles. The number of hydrogen-bond acceptors (Lipinski definition) is 3. The fourth-order valence-electron chi connectivity index (χ4n) is 0.945. The number of ketones is 1. The Morgan fingerprint density at radius 3 is 2.33 bits per heavy atom. The van der Waals surface area contributed by atoms with Crippen molar-refractivity contribution in [3.05, 3.63) is 35.9 Å². The Labute approximate surface area is 93.6 Å². The molecular formula is C9H10ClNO3S. The van der Waals surface area contributed by atoms with Gasteiger partial charge in [0.15, 0.2) is 5.78 Å². The molecule has 0 aliphatic rings. The van der Waals surface area contributed by atoms with Gasteiger partial charge >= 0.3 is 0 Å². The minimum absolute atomic E-state index is 0.337. The van der Waals surface area contributed by atoms with Crippen molar-refractivity contribution in [3.8, 4) is 0 Å². The van der Waals surface area contributed by atoms with E-state index in [2.05, 4.69) is 0 Å². The molecule has 0 saturated carbocycles. The van der Waals surface area contributed by atoms with Crippen LogP contribution < -0.4 is 0 Å². The predicted octanol–water partition coefficient (Wildman–Crippen LogP) is 1.28. The van der Waals surface area contributed by atoms with Crippen molar-refractivity contribution >= 4 is 27.6 Å². The molecule has 0 aliphatic carbocycles. The van der Waals surface area contributed by atoms with Crippen LogP contribution in [0.25, 0.3) is 0 Å². The summed E-state index contributed by atoms with van der Waals surface area (Å²) in [6.45, 7) is -0.357. The highest BCUT2D eigenvalue weighted by Crippen LogP contribution is 2.06. The molecule has 0 heterocycles. The summed E-state index contributed by atoms with van der Waals surface area (Å²) in [7, 11) is -3.53. The quantitative estimate of drug-likeness (QED) is 0.595. The molecule has 6 heteroatoms. The van der Waals surface area contributed by atoms with Crippen molar-refractivity contribution in [2.45, 2.75) is 0 Å². The van der Waals surface area contributed by atoms with E-state index in [1.54, 1.807) is 30.3 Å². The molecule has 0 aromatic heterocycles. The van der Waals surface area contributed by atoms with E-state index in [0.717, 1.165) is 6.26 Å². The van der Waals surface area contributed by atoms with Gasteiger partial charge < -0.3 is 0 Å². The summed E-state index contributed by atoms with van der Waals surface area (Å²) < 4.78 is 22.4. The molecule has 15 heavy (non-hydrogen) atoms. The van der Waals surface area contributed by atoms with Gasteiger partial charge in [0, 0.05) is 5.56 Å². The van der Waals surface area contributed by atoms with Crippen LogP contribution in [-0.4, -0.2) is 30.8 Å². The summed E-state index contributed by atoms with van der Waals surface area (Å²) in [6.07, 6.45) is 0.943. The molecule has 0 atom stereocenters. The molecule has 0 spiro atoms.